The maximum Gasteiger partial charge on any atom is 0.227 e. The second kappa shape index (κ2) is 5.94. The summed E-state index contributed by atoms with van der Waals surface area (Å²) in [6.07, 6.45) is 1.02. The van der Waals surface area contributed by atoms with Crippen molar-refractivity contribution in [2.45, 2.75) is 19.9 Å². The standard InChI is InChI=1S/C18H18N2O/c1-2-13-7-9-16(10-8-13)21-18-17-6-4-3-5-14(17)11-15(12-19)20-18/h3-11H,2,12,19H2,1H3. The van der Waals surface area contributed by atoms with Crippen LogP contribution in [-0.4, -0.2) is 4.98 Å². The van der Waals surface area contributed by atoms with Gasteiger partial charge in [-0.15, -0.1) is 0 Å². The Morgan fingerprint density at radius 3 is 2.52 bits per heavy atom. The number of rotatable bonds is 4. The second-order valence-corrected chi connectivity index (χ2v) is 4.94. The van der Waals surface area contributed by atoms with Gasteiger partial charge in [-0.25, -0.2) is 4.98 Å². The predicted octanol–water partition coefficient (Wildman–Crippen LogP) is 4.05. The minimum Gasteiger partial charge on any atom is -0.438 e. The van der Waals surface area contributed by atoms with Crippen LogP contribution in [0.4, 0.5) is 0 Å². The number of nitrogens with two attached hydrogens (primary N) is 1. The van der Waals surface area contributed by atoms with Gasteiger partial charge >= 0.3 is 0 Å². The minimum atomic E-state index is 0.399. The number of nitrogens with zero attached hydrogens (tertiary/aromatic N) is 1. The molecule has 3 aromatic rings. The van der Waals surface area contributed by atoms with Crippen LogP contribution in [0.1, 0.15) is 18.2 Å². The average Bonchev–Trinajstić information content (AvgIpc) is 2.55. The van der Waals surface area contributed by atoms with Gasteiger partial charge in [0.05, 0.1) is 5.69 Å². The summed E-state index contributed by atoms with van der Waals surface area (Å²) >= 11 is 0. The van der Waals surface area contributed by atoms with E-state index in [-0.39, 0.29) is 0 Å². The zero-order valence-electron chi connectivity index (χ0n) is 12.0. The first-order valence-corrected chi connectivity index (χ1v) is 7.15. The Balaban J connectivity index is 2.01. The third-order valence-electron chi connectivity index (χ3n) is 3.51. The van der Waals surface area contributed by atoms with Crippen molar-refractivity contribution in [1.29, 1.82) is 0 Å². The fraction of sp³-hybridized carbons (Fsp3) is 0.167. The molecule has 0 spiro atoms. The van der Waals surface area contributed by atoms with Crippen LogP contribution in [0.5, 0.6) is 11.6 Å². The van der Waals surface area contributed by atoms with Gasteiger partial charge in [-0.2, -0.15) is 0 Å². The zero-order chi connectivity index (χ0) is 14.7. The molecule has 0 radical (unpaired) electrons. The third kappa shape index (κ3) is 2.88. The van der Waals surface area contributed by atoms with E-state index < -0.39 is 0 Å². The van der Waals surface area contributed by atoms with Gasteiger partial charge < -0.3 is 10.5 Å². The summed E-state index contributed by atoms with van der Waals surface area (Å²) in [7, 11) is 0. The summed E-state index contributed by atoms with van der Waals surface area (Å²) in [5, 5.41) is 2.09. The predicted molar refractivity (Wildman–Crippen MR) is 85.5 cm³/mol. The van der Waals surface area contributed by atoms with Crippen LogP contribution < -0.4 is 10.5 Å². The van der Waals surface area contributed by atoms with Crippen molar-refractivity contribution in [2.75, 3.05) is 0 Å². The molecule has 2 N–H and O–H groups in total. The maximum atomic E-state index is 5.97. The van der Waals surface area contributed by atoms with Crippen LogP contribution in [0.3, 0.4) is 0 Å². The second-order valence-electron chi connectivity index (χ2n) is 4.94. The molecule has 3 rings (SSSR count). The number of aromatic nitrogens is 1. The fourth-order valence-electron chi connectivity index (χ4n) is 2.31. The van der Waals surface area contributed by atoms with Gasteiger partial charge in [0.1, 0.15) is 5.75 Å². The van der Waals surface area contributed by atoms with E-state index >= 15 is 0 Å². The fourth-order valence-corrected chi connectivity index (χ4v) is 2.31. The molecule has 0 aliphatic rings. The molecule has 21 heavy (non-hydrogen) atoms. The molecule has 0 amide bonds. The van der Waals surface area contributed by atoms with E-state index in [4.69, 9.17) is 10.5 Å². The Hall–Kier alpha value is -2.39. The minimum absolute atomic E-state index is 0.399. The highest BCUT2D eigenvalue weighted by atomic mass is 16.5. The lowest BCUT2D eigenvalue weighted by molar-refractivity contribution is 0.467. The van der Waals surface area contributed by atoms with Crippen LogP contribution in [0.15, 0.2) is 54.6 Å². The topological polar surface area (TPSA) is 48.1 Å². The molecular weight excluding hydrogens is 260 g/mol. The van der Waals surface area contributed by atoms with Gasteiger partial charge in [-0.05, 0) is 41.6 Å². The lowest BCUT2D eigenvalue weighted by atomic mass is 10.1. The summed E-state index contributed by atoms with van der Waals surface area (Å²) in [5.41, 5.74) is 7.84. The lowest BCUT2D eigenvalue weighted by Gasteiger charge is -2.10. The van der Waals surface area contributed by atoms with Gasteiger partial charge in [0.2, 0.25) is 5.88 Å². The molecular formula is C18H18N2O. The molecule has 0 aliphatic heterocycles. The maximum absolute atomic E-state index is 5.97. The van der Waals surface area contributed by atoms with Crippen molar-refractivity contribution in [1.82, 2.24) is 4.98 Å². The van der Waals surface area contributed by atoms with E-state index in [1.165, 1.54) is 5.56 Å². The lowest BCUT2D eigenvalue weighted by Crippen LogP contribution is -2.01. The van der Waals surface area contributed by atoms with Gasteiger partial charge in [-0.3, -0.25) is 0 Å². The van der Waals surface area contributed by atoms with Gasteiger partial charge in [-0.1, -0.05) is 37.3 Å². The van der Waals surface area contributed by atoms with E-state index in [0.29, 0.717) is 12.4 Å². The molecule has 0 aliphatic carbocycles. The van der Waals surface area contributed by atoms with Crippen LogP contribution >= 0.6 is 0 Å². The molecule has 0 fully saturated rings. The smallest absolute Gasteiger partial charge is 0.227 e. The summed E-state index contributed by atoms with van der Waals surface area (Å²) in [6, 6.07) is 18.1. The quantitative estimate of drug-likeness (QED) is 0.783. The van der Waals surface area contributed by atoms with Crippen molar-refractivity contribution in [3.63, 3.8) is 0 Å². The normalized spacial score (nSPS) is 10.8. The number of ether oxygens (including phenoxy) is 1. The third-order valence-corrected chi connectivity index (χ3v) is 3.51. The van der Waals surface area contributed by atoms with Crippen molar-refractivity contribution < 1.29 is 4.74 Å². The molecule has 0 unspecified atom stereocenters. The highest BCUT2D eigenvalue weighted by Crippen LogP contribution is 2.28. The highest BCUT2D eigenvalue weighted by molar-refractivity contribution is 5.87. The number of fused-ring (bicyclic) bond motifs is 1. The first-order valence-electron chi connectivity index (χ1n) is 7.15. The van der Waals surface area contributed by atoms with Crippen molar-refractivity contribution >= 4 is 10.8 Å². The number of pyridine rings is 1. The SMILES string of the molecule is CCc1ccc(Oc2nc(CN)cc3ccccc23)cc1. The monoisotopic (exact) mass is 278 g/mol. The Morgan fingerprint density at radius 2 is 1.81 bits per heavy atom. The molecule has 3 nitrogen and oxygen atoms in total. The highest BCUT2D eigenvalue weighted by Gasteiger charge is 2.07. The van der Waals surface area contributed by atoms with Crippen molar-refractivity contribution in [2.24, 2.45) is 5.73 Å². The van der Waals surface area contributed by atoms with E-state index in [1.54, 1.807) is 0 Å². The zero-order valence-corrected chi connectivity index (χ0v) is 12.0. The van der Waals surface area contributed by atoms with Crippen LogP contribution in [-0.2, 0) is 13.0 Å². The van der Waals surface area contributed by atoms with Gasteiger partial charge in [0.25, 0.3) is 0 Å². The molecule has 3 heteroatoms. The summed E-state index contributed by atoms with van der Waals surface area (Å²) in [5.74, 6) is 1.40. The van der Waals surface area contributed by atoms with Crippen LogP contribution in [0.25, 0.3) is 10.8 Å². The van der Waals surface area contributed by atoms with E-state index in [0.717, 1.165) is 28.6 Å². The molecule has 1 aromatic heterocycles. The molecule has 0 saturated carbocycles. The van der Waals surface area contributed by atoms with Gasteiger partial charge in [0.15, 0.2) is 0 Å². The summed E-state index contributed by atoms with van der Waals surface area (Å²) in [6.45, 7) is 2.53. The molecule has 0 atom stereocenters. The number of hydrogen-bond donors (Lipinski definition) is 1. The van der Waals surface area contributed by atoms with Crippen LogP contribution in [0.2, 0.25) is 0 Å². The summed E-state index contributed by atoms with van der Waals surface area (Å²) < 4.78 is 5.97. The van der Waals surface area contributed by atoms with Crippen molar-refractivity contribution in [3.8, 4) is 11.6 Å². The van der Waals surface area contributed by atoms with E-state index in [1.807, 2.05) is 42.5 Å². The van der Waals surface area contributed by atoms with Crippen LogP contribution in [0, 0.1) is 0 Å². The first kappa shape index (κ1) is 13.6. The van der Waals surface area contributed by atoms with Crippen molar-refractivity contribution in [3.05, 3.63) is 65.9 Å². The molecule has 1 heterocycles. The Morgan fingerprint density at radius 1 is 1.05 bits per heavy atom. The van der Waals surface area contributed by atoms with E-state index in [2.05, 4.69) is 24.0 Å². The first-order chi connectivity index (χ1) is 10.3. The average molecular weight is 278 g/mol. The molecule has 2 aromatic carbocycles. The molecule has 106 valence electrons. The Kier molecular flexibility index (Phi) is 3.84. The number of aryl methyl sites for hydroxylation is 1. The Labute approximate surface area is 124 Å². The summed E-state index contributed by atoms with van der Waals surface area (Å²) in [4.78, 5) is 4.51. The number of hydrogen-bond acceptors (Lipinski definition) is 3. The number of benzene rings is 2. The Bertz CT molecular complexity index is 751. The molecule has 0 bridgehead atoms. The molecule has 0 saturated heterocycles. The van der Waals surface area contributed by atoms with E-state index in [9.17, 15) is 0 Å². The largest absolute Gasteiger partial charge is 0.438 e. The van der Waals surface area contributed by atoms with Gasteiger partial charge in [0, 0.05) is 11.9 Å².